The van der Waals surface area contributed by atoms with Gasteiger partial charge in [-0.15, -0.1) is 0 Å². The maximum atomic E-state index is 11.8. The highest BCUT2D eigenvalue weighted by molar-refractivity contribution is 7.80. The largest absolute Gasteiger partial charge is 0.465 e. The summed E-state index contributed by atoms with van der Waals surface area (Å²) in [4.78, 5) is 11.8. The summed E-state index contributed by atoms with van der Waals surface area (Å²) in [5.41, 5.74) is 4.70. The number of esters is 1. The quantitative estimate of drug-likeness (QED) is 0.565. The molecule has 1 atom stereocenters. The van der Waals surface area contributed by atoms with Crippen LogP contribution in [0.3, 0.4) is 0 Å². The van der Waals surface area contributed by atoms with E-state index in [2.05, 4.69) is 62.6 Å². The van der Waals surface area contributed by atoms with E-state index in [0.29, 0.717) is 10.7 Å². The molecule has 2 aromatic carbocycles. The second-order valence-electron chi connectivity index (χ2n) is 7.66. The molecule has 0 aromatic heterocycles. The third-order valence-corrected chi connectivity index (χ3v) is 4.83. The number of ether oxygens (including phenoxy) is 1. The monoisotopic (exact) mass is 384 g/mol. The topological polar surface area (TPSA) is 50.4 Å². The smallest absolute Gasteiger partial charge is 0.338 e. The zero-order valence-corrected chi connectivity index (χ0v) is 17.7. The van der Waals surface area contributed by atoms with Crippen LogP contribution in [0.15, 0.2) is 42.5 Å². The number of thiocarbonyl (C=S) groups is 1. The van der Waals surface area contributed by atoms with E-state index in [1.807, 2.05) is 13.0 Å². The van der Waals surface area contributed by atoms with Crippen LogP contribution in [-0.4, -0.2) is 18.2 Å². The van der Waals surface area contributed by atoms with Crippen LogP contribution in [0.4, 0.5) is 5.69 Å². The molecular formula is C22H28N2O2S. The third kappa shape index (κ3) is 5.30. The molecule has 0 saturated carbocycles. The van der Waals surface area contributed by atoms with Gasteiger partial charge in [0.15, 0.2) is 5.11 Å². The van der Waals surface area contributed by atoms with Crippen molar-refractivity contribution in [1.29, 1.82) is 0 Å². The van der Waals surface area contributed by atoms with Crippen LogP contribution in [0.1, 0.15) is 60.8 Å². The van der Waals surface area contributed by atoms with Crippen molar-refractivity contribution in [3.8, 4) is 0 Å². The molecule has 0 aliphatic heterocycles. The molecular weight excluding hydrogens is 356 g/mol. The number of methoxy groups -OCH3 is 1. The van der Waals surface area contributed by atoms with Gasteiger partial charge in [-0.25, -0.2) is 4.79 Å². The number of benzene rings is 2. The summed E-state index contributed by atoms with van der Waals surface area (Å²) in [6.07, 6.45) is 0. The van der Waals surface area contributed by atoms with Crippen LogP contribution in [0.25, 0.3) is 0 Å². The molecule has 0 radical (unpaired) electrons. The summed E-state index contributed by atoms with van der Waals surface area (Å²) in [5, 5.41) is 6.98. The third-order valence-electron chi connectivity index (χ3n) is 4.61. The van der Waals surface area contributed by atoms with Crippen LogP contribution < -0.4 is 10.6 Å². The molecule has 0 saturated heterocycles. The van der Waals surface area contributed by atoms with Gasteiger partial charge >= 0.3 is 5.97 Å². The Hall–Kier alpha value is -2.40. The van der Waals surface area contributed by atoms with Crippen LogP contribution >= 0.6 is 12.2 Å². The van der Waals surface area contributed by atoms with Crippen molar-refractivity contribution < 1.29 is 9.53 Å². The SMILES string of the molecule is COC(=O)c1cccc(NC(=S)N[C@@H](C)c2ccc(C(C)(C)C)cc2)c1C. The normalized spacial score (nSPS) is 12.2. The molecule has 0 bridgehead atoms. The van der Waals surface area contributed by atoms with Crippen LogP contribution in [-0.2, 0) is 10.2 Å². The Bertz CT molecular complexity index is 823. The fourth-order valence-electron chi connectivity index (χ4n) is 2.81. The predicted molar refractivity (Wildman–Crippen MR) is 115 cm³/mol. The van der Waals surface area contributed by atoms with E-state index in [4.69, 9.17) is 17.0 Å². The van der Waals surface area contributed by atoms with Crippen molar-refractivity contribution in [3.63, 3.8) is 0 Å². The number of hydrogen-bond acceptors (Lipinski definition) is 3. The summed E-state index contributed by atoms with van der Waals surface area (Å²) in [7, 11) is 1.38. The van der Waals surface area contributed by atoms with E-state index < -0.39 is 0 Å². The maximum absolute atomic E-state index is 11.8. The van der Waals surface area contributed by atoms with Crippen molar-refractivity contribution in [3.05, 3.63) is 64.7 Å². The zero-order valence-electron chi connectivity index (χ0n) is 16.8. The summed E-state index contributed by atoms with van der Waals surface area (Å²) in [6.45, 7) is 10.5. The van der Waals surface area contributed by atoms with Gasteiger partial charge in [-0.1, -0.05) is 51.1 Å². The molecule has 144 valence electrons. The lowest BCUT2D eigenvalue weighted by molar-refractivity contribution is 0.0600. The van der Waals surface area contributed by atoms with E-state index in [9.17, 15) is 4.79 Å². The molecule has 2 N–H and O–H groups in total. The molecule has 0 heterocycles. The Morgan fingerprint density at radius 3 is 2.30 bits per heavy atom. The Labute approximate surface area is 167 Å². The van der Waals surface area contributed by atoms with E-state index in [0.717, 1.165) is 16.8 Å². The number of carbonyl (C=O) groups is 1. The number of anilines is 1. The van der Waals surface area contributed by atoms with Gasteiger partial charge in [-0.2, -0.15) is 0 Å². The minimum atomic E-state index is -0.359. The van der Waals surface area contributed by atoms with Gasteiger partial charge < -0.3 is 15.4 Å². The second-order valence-corrected chi connectivity index (χ2v) is 8.07. The van der Waals surface area contributed by atoms with Crippen LogP contribution in [0.2, 0.25) is 0 Å². The molecule has 0 unspecified atom stereocenters. The van der Waals surface area contributed by atoms with Gasteiger partial charge in [0.05, 0.1) is 18.7 Å². The van der Waals surface area contributed by atoms with Gasteiger partial charge in [0.25, 0.3) is 0 Å². The lowest BCUT2D eigenvalue weighted by Gasteiger charge is -2.22. The predicted octanol–water partition coefficient (Wildman–Crippen LogP) is 5.13. The molecule has 0 spiro atoms. The fourth-order valence-corrected chi connectivity index (χ4v) is 3.10. The maximum Gasteiger partial charge on any atom is 0.338 e. The van der Waals surface area contributed by atoms with Gasteiger partial charge in [0, 0.05) is 5.69 Å². The molecule has 0 aliphatic carbocycles. The molecule has 4 nitrogen and oxygen atoms in total. The second kappa shape index (κ2) is 8.53. The zero-order chi connectivity index (χ0) is 20.2. The van der Waals surface area contributed by atoms with Gasteiger partial charge in [-0.3, -0.25) is 0 Å². The van der Waals surface area contributed by atoms with Crippen LogP contribution in [0, 0.1) is 6.92 Å². The van der Waals surface area contributed by atoms with Crippen molar-refractivity contribution in [2.75, 3.05) is 12.4 Å². The lowest BCUT2D eigenvalue weighted by Crippen LogP contribution is -2.31. The van der Waals surface area contributed by atoms with Crippen molar-refractivity contribution in [2.24, 2.45) is 0 Å². The standard InChI is InChI=1S/C22H28N2O2S/c1-14-18(20(25)26-6)8-7-9-19(14)24-21(27)23-15(2)16-10-12-17(13-11-16)22(3,4)5/h7-13,15H,1-6H3,(H2,23,24,27)/t15-/m0/s1. The molecule has 0 aliphatic rings. The molecule has 5 heteroatoms. The summed E-state index contributed by atoms with van der Waals surface area (Å²) in [5.74, 6) is -0.359. The fraction of sp³-hybridized carbons (Fsp3) is 0.364. The summed E-state index contributed by atoms with van der Waals surface area (Å²) in [6, 6.07) is 14.1. The molecule has 0 fully saturated rings. The molecule has 27 heavy (non-hydrogen) atoms. The first-order valence-electron chi connectivity index (χ1n) is 8.99. The van der Waals surface area contributed by atoms with Gasteiger partial charge in [0.2, 0.25) is 0 Å². The molecule has 2 aromatic rings. The number of carbonyl (C=O) groups excluding carboxylic acids is 1. The molecule has 2 rings (SSSR count). The van der Waals surface area contributed by atoms with E-state index in [1.54, 1.807) is 12.1 Å². The highest BCUT2D eigenvalue weighted by atomic mass is 32.1. The Morgan fingerprint density at radius 1 is 1.11 bits per heavy atom. The minimum Gasteiger partial charge on any atom is -0.465 e. The summed E-state index contributed by atoms with van der Waals surface area (Å²) >= 11 is 5.46. The Balaban J connectivity index is 2.06. The van der Waals surface area contributed by atoms with Gasteiger partial charge in [0.1, 0.15) is 0 Å². The number of nitrogens with one attached hydrogen (secondary N) is 2. The van der Waals surface area contributed by atoms with E-state index in [-0.39, 0.29) is 17.4 Å². The molecule has 0 amide bonds. The Morgan fingerprint density at radius 2 is 1.74 bits per heavy atom. The Kier molecular flexibility index (Phi) is 6.60. The van der Waals surface area contributed by atoms with Crippen molar-refractivity contribution >= 4 is 29.0 Å². The first-order chi connectivity index (χ1) is 12.6. The average Bonchev–Trinajstić information content (AvgIpc) is 2.62. The number of hydrogen-bond donors (Lipinski definition) is 2. The first-order valence-corrected chi connectivity index (χ1v) is 9.40. The van der Waals surface area contributed by atoms with Crippen molar-refractivity contribution in [1.82, 2.24) is 5.32 Å². The lowest BCUT2D eigenvalue weighted by atomic mass is 9.86. The van der Waals surface area contributed by atoms with E-state index in [1.165, 1.54) is 12.7 Å². The van der Waals surface area contributed by atoms with E-state index >= 15 is 0 Å². The summed E-state index contributed by atoms with van der Waals surface area (Å²) < 4.78 is 4.82. The van der Waals surface area contributed by atoms with Crippen LogP contribution in [0.5, 0.6) is 0 Å². The number of rotatable bonds is 4. The minimum absolute atomic E-state index is 0.0584. The first kappa shape index (κ1) is 20.9. The highest BCUT2D eigenvalue weighted by Crippen LogP contribution is 2.24. The highest BCUT2D eigenvalue weighted by Gasteiger charge is 2.15. The van der Waals surface area contributed by atoms with Gasteiger partial charge in [-0.05, 0) is 60.3 Å². The average molecular weight is 385 g/mol. The van der Waals surface area contributed by atoms with Crippen molar-refractivity contribution in [2.45, 2.75) is 46.1 Å².